The first kappa shape index (κ1) is 18.2. The largest absolute Gasteiger partial charge is 0.497 e. The highest BCUT2D eigenvalue weighted by Crippen LogP contribution is 2.36. The average Bonchev–Trinajstić information content (AvgIpc) is 2.61. The van der Waals surface area contributed by atoms with Gasteiger partial charge in [0.1, 0.15) is 11.5 Å². The molecule has 0 aromatic heterocycles. The number of benzene rings is 2. The number of carbonyl (C=O) groups excluding carboxylic acids is 1. The lowest BCUT2D eigenvalue weighted by atomic mass is 9.81. The Kier molecular flexibility index (Phi) is 5.71. The summed E-state index contributed by atoms with van der Waals surface area (Å²) in [5.74, 6) is 0.843. The number of carbonyl (C=O) groups is 1. The minimum absolute atomic E-state index is 0.0212. The van der Waals surface area contributed by atoms with Gasteiger partial charge in [-0.1, -0.05) is 12.1 Å². The smallest absolute Gasteiger partial charge is 0.387 e. The zero-order valence-electron chi connectivity index (χ0n) is 14.5. The number of aryl methyl sites for hydroxylation is 1. The molecule has 1 aliphatic carbocycles. The molecule has 0 saturated heterocycles. The van der Waals surface area contributed by atoms with Crippen LogP contribution < -0.4 is 14.8 Å². The molecule has 0 fully saturated rings. The van der Waals surface area contributed by atoms with Crippen LogP contribution in [-0.4, -0.2) is 19.6 Å². The van der Waals surface area contributed by atoms with Gasteiger partial charge in [0.15, 0.2) is 0 Å². The van der Waals surface area contributed by atoms with E-state index in [1.807, 2.05) is 18.2 Å². The molecule has 138 valence electrons. The number of ether oxygens (including phenoxy) is 2. The molecule has 0 aliphatic heterocycles. The fraction of sp³-hybridized carbons (Fsp3) is 0.350. The Balaban J connectivity index is 1.66. The van der Waals surface area contributed by atoms with Crippen molar-refractivity contribution < 1.29 is 23.0 Å². The second-order valence-electron chi connectivity index (χ2n) is 6.31. The first-order valence-corrected chi connectivity index (χ1v) is 8.56. The number of rotatable bonds is 6. The summed E-state index contributed by atoms with van der Waals surface area (Å²) in [4.78, 5) is 12.4. The van der Waals surface area contributed by atoms with Gasteiger partial charge in [-0.15, -0.1) is 0 Å². The van der Waals surface area contributed by atoms with Crippen molar-refractivity contribution in [3.63, 3.8) is 0 Å². The second-order valence-corrected chi connectivity index (χ2v) is 6.31. The predicted molar refractivity (Wildman–Crippen MR) is 95.0 cm³/mol. The van der Waals surface area contributed by atoms with Gasteiger partial charge in [0.25, 0.3) is 0 Å². The number of hydrogen-bond acceptors (Lipinski definition) is 3. The van der Waals surface area contributed by atoms with Gasteiger partial charge in [0.2, 0.25) is 5.91 Å². The van der Waals surface area contributed by atoms with E-state index in [0.717, 1.165) is 25.0 Å². The van der Waals surface area contributed by atoms with Gasteiger partial charge >= 0.3 is 6.61 Å². The molecular formula is C20H21F2NO3. The number of alkyl halides is 2. The Morgan fingerprint density at radius 1 is 1.23 bits per heavy atom. The molecule has 0 saturated carbocycles. The molecule has 1 aliphatic rings. The van der Waals surface area contributed by atoms with Gasteiger partial charge in [0, 0.05) is 18.2 Å². The number of anilines is 1. The summed E-state index contributed by atoms with van der Waals surface area (Å²) in [6, 6.07) is 12.0. The molecule has 1 unspecified atom stereocenters. The molecule has 0 bridgehead atoms. The van der Waals surface area contributed by atoms with Crippen molar-refractivity contribution in [2.75, 3.05) is 12.4 Å². The molecule has 0 spiro atoms. The monoisotopic (exact) mass is 361 g/mol. The van der Waals surface area contributed by atoms with Gasteiger partial charge in [-0.2, -0.15) is 8.78 Å². The Labute approximate surface area is 151 Å². The van der Waals surface area contributed by atoms with Crippen molar-refractivity contribution in [1.29, 1.82) is 0 Å². The SMILES string of the molecule is COc1ccc2c(c1)CCCC2CC(=O)Nc1cccc(OC(F)F)c1. The molecule has 1 atom stereocenters. The summed E-state index contributed by atoms with van der Waals surface area (Å²) in [5.41, 5.74) is 2.85. The van der Waals surface area contributed by atoms with Crippen molar-refractivity contribution in [2.24, 2.45) is 0 Å². The summed E-state index contributed by atoms with van der Waals surface area (Å²) in [6.07, 6.45) is 3.30. The first-order valence-electron chi connectivity index (χ1n) is 8.56. The molecule has 1 N–H and O–H groups in total. The quantitative estimate of drug-likeness (QED) is 0.808. The summed E-state index contributed by atoms with van der Waals surface area (Å²) in [7, 11) is 1.64. The Hall–Kier alpha value is -2.63. The van der Waals surface area contributed by atoms with Crippen LogP contribution in [0.15, 0.2) is 42.5 Å². The number of amides is 1. The van der Waals surface area contributed by atoms with Gasteiger partial charge in [0.05, 0.1) is 7.11 Å². The maximum Gasteiger partial charge on any atom is 0.387 e. The van der Waals surface area contributed by atoms with Crippen LogP contribution in [0.2, 0.25) is 0 Å². The molecule has 0 heterocycles. The lowest BCUT2D eigenvalue weighted by Crippen LogP contribution is -2.19. The van der Waals surface area contributed by atoms with Crippen molar-refractivity contribution in [3.05, 3.63) is 53.6 Å². The Morgan fingerprint density at radius 3 is 2.85 bits per heavy atom. The zero-order valence-corrected chi connectivity index (χ0v) is 14.5. The molecular weight excluding hydrogens is 340 g/mol. The molecule has 0 radical (unpaired) electrons. The molecule has 2 aromatic carbocycles. The first-order chi connectivity index (χ1) is 12.5. The third kappa shape index (κ3) is 4.50. The van der Waals surface area contributed by atoms with Crippen molar-refractivity contribution >= 4 is 11.6 Å². The van der Waals surface area contributed by atoms with Crippen LogP contribution in [0.25, 0.3) is 0 Å². The third-order valence-electron chi connectivity index (χ3n) is 4.56. The number of nitrogens with one attached hydrogen (secondary N) is 1. The van der Waals surface area contributed by atoms with Crippen LogP contribution in [0.4, 0.5) is 14.5 Å². The van der Waals surface area contributed by atoms with E-state index in [0.29, 0.717) is 12.1 Å². The standard InChI is InChI=1S/C20H21F2NO3/c1-25-16-8-9-18-13(10-16)4-2-5-14(18)11-19(24)23-15-6-3-7-17(12-15)26-20(21)22/h3,6-10,12,14,20H,2,4-5,11H2,1H3,(H,23,24). The summed E-state index contributed by atoms with van der Waals surface area (Å²) in [6.45, 7) is -2.89. The number of methoxy groups -OCH3 is 1. The third-order valence-corrected chi connectivity index (χ3v) is 4.56. The van der Waals surface area contributed by atoms with Crippen molar-refractivity contribution in [2.45, 2.75) is 38.2 Å². The average molecular weight is 361 g/mol. The Bertz CT molecular complexity index is 779. The summed E-state index contributed by atoms with van der Waals surface area (Å²) in [5, 5.41) is 2.77. The van der Waals surface area contributed by atoms with Gasteiger partial charge in [-0.25, -0.2) is 0 Å². The molecule has 1 amide bonds. The lowest BCUT2D eigenvalue weighted by molar-refractivity contribution is -0.116. The summed E-state index contributed by atoms with van der Waals surface area (Å²) >= 11 is 0. The number of fused-ring (bicyclic) bond motifs is 1. The second kappa shape index (κ2) is 8.17. The van der Waals surface area contributed by atoms with Gasteiger partial charge in [-0.05, 0) is 60.6 Å². The highest BCUT2D eigenvalue weighted by molar-refractivity contribution is 5.91. The van der Waals surface area contributed by atoms with E-state index in [9.17, 15) is 13.6 Å². The minimum Gasteiger partial charge on any atom is -0.497 e. The van der Waals surface area contributed by atoms with Gasteiger partial charge in [-0.3, -0.25) is 4.79 Å². The number of halogens is 2. The predicted octanol–water partition coefficient (Wildman–Crippen LogP) is 4.75. The van der Waals surface area contributed by atoms with E-state index in [-0.39, 0.29) is 17.6 Å². The highest BCUT2D eigenvalue weighted by Gasteiger charge is 2.23. The topological polar surface area (TPSA) is 47.6 Å². The lowest BCUT2D eigenvalue weighted by Gasteiger charge is -2.25. The maximum atomic E-state index is 12.4. The molecule has 3 rings (SSSR count). The fourth-order valence-electron chi connectivity index (χ4n) is 3.42. The van der Waals surface area contributed by atoms with Crippen LogP contribution in [0.1, 0.15) is 36.3 Å². The van der Waals surface area contributed by atoms with E-state index in [2.05, 4.69) is 10.1 Å². The van der Waals surface area contributed by atoms with E-state index in [1.54, 1.807) is 19.2 Å². The number of hydrogen-bond donors (Lipinski definition) is 1. The van der Waals surface area contributed by atoms with Crippen LogP contribution in [0, 0.1) is 0 Å². The van der Waals surface area contributed by atoms with Crippen molar-refractivity contribution in [1.82, 2.24) is 0 Å². The Morgan fingerprint density at radius 2 is 2.08 bits per heavy atom. The van der Waals surface area contributed by atoms with E-state index in [4.69, 9.17) is 4.74 Å². The molecule has 4 nitrogen and oxygen atoms in total. The normalized spacial score (nSPS) is 16.1. The zero-order chi connectivity index (χ0) is 18.5. The highest BCUT2D eigenvalue weighted by atomic mass is 19.3. The molecule has 6 heteroatoms. The maximum absolute atomic E-state index is 12.4. The fourth-order valence-corrected chi connectivity index (χ4v) is 3.42. The molecule has 26 heavy (non-hydrogen) atoms. The van der Waals surface area contributed by atoms with E-state index < -0.39 is 6.61 Å². The van der Waals surface area contributed by atoms with Gasteiger partial charge < -0.3 is 14.8 Å². The van der Waals surface area contributed by atoms with Crippen molar-refractivity contribution in [3.8, 4) is 11.5 Å². The summed E-state index contributed by atoms with van der Waals surface area (Å²) < 4.78 is 34.2. The van der Waals surface area contributed by atoms with Crippen LogP contribution in [0.5, 0.6) is 11.5 Å². The van der Waals surface area contributed by atoms with Crippen LogP contribution in [0.3, 0.4) is 0 Å². The van der Waals surface area contributed by atoms with E-state index in [1.165, 1.54) is 23.3 Å². The van der Waals surface area contributed by atoms with E-state index >= 15 is 0 Å². The molecule has 2 aromatic rings. The van der Waals surface area contributed by atoms with Crippen LogP contribution >= 0.6 is 0 Å². The van der Waals surface area contributed by atoms with Crippen LogP contribution in [-0.2, 0) is 11.2 Å². The minimum atomic E-state index is -2.89.